The van der Waals surface area contributed by atoms with Crippen LogP contribution in [0.2, 0.25) is 0 Å². The minimum absolute atomic E-state index is 0.0572. The average molecular weight is 326 g/mol. The number of rotatable bonds is 2. The van der Waals surface area contributed by atoms with Gasteiger partial charge in [0.05, 0.1) is 10.0 Å². The van der Waals surface area contributed by atoms with E-state index in [-0.39, 0.29) is 5.91 Å². The molecule has 4 nitrogen and oxygen atoms in total. The van der Waals surface area contributed by atoms with Gasteiger partial charge in [-0.2, -0.15) is 0 Å². The van der Waals surface area contributed by atoms with E-state index in [2.05, 4.69) is 34.7 Å². The molecule has 1 aromatic carbocycles. The number of amides is 1. The molecule has 1 amide bonds. The number of anilines is 1. The molecule has 1 unspecified atom stereocenters. The van der Waals surface area contributed by atoms with Crippen molar-refractivity contribution in [3.63, 3.8) is 0 Å². The Labute approximate surface area is 122 Å². The van der Waals surface area contributed by atoms with Crippen LogP contribution in [0, 0.1) is 0 Å². The van der Waals surface area contributed by atoms with Crippen molar-refractivity contribution in [2.24, 2.45) is 0 Å². The highest BCUT2D eigenvalue weighted by atomic mass is 79.9. The molecule has 0 saturated carbocycles. The van der Waals surface area contributed by atoms with Crippen LogP contribution in [-0.2, 0) is 0 Å². The number of nitrogens with two attached hydrogens (primary N) is 1. The fourth-order valence-corrected chi connectivity index (χ4v) is 2.97. The maximum Gasteiger partial charge on any atom is 0.255 e. The van der Waals surface area contributed by atoms with Gasteiger partial charge in [-0.1, -0.05) is 13.0 Å². The highest BCUT2D eigenvalue weighted by Crippen LogP contribution is 2.25. The monoisotopic (exact) mass is 325 g/mol. The van der Waals surface area contributed by atoms with Crippen molar-refractivity contribution in [1.29, 1.82) is 0 Å². The molecule has 1 aliphatic rings. The van der Waals surface area contributed by atoms with E-state index in [4.69, 9.17) is 5.73 Å². The minimum Gasteiger partial charge on any atom is -0.398 e. The molecule has 0 spiro atoms. The van der Waals surface area contributed by atoms with Crippen LogP contribution >= 0.6 is 15.9 Å². The predicted octanol–water partition coefficient (Wildman–Crippen LogP) is 2.20. The smallest absolute Gasteiger partial charge is 0.255 e. The van der Waals surface area contributed by atoms with E-state index >= 15 is 0 Å². The van der Waals surface area contributed by atoms with Crippen molar-refractivity contribution in [2.75, 3.05) is 31.9 Å². The van der Waals surface area contributed by atoms with Crippen LogP contribution in [-0.4, -0.2) is 47.9 Å². The van der Waals surface area contributed by atoms with Gasteiger partial charge in [-0.15, -0.1) is 0 Å². The first-order chi connectivity index (χ1) is 9.04. The van der Waals surface area contributed by atoms with Crippen molar-refractivity contribution in [3.8, 4) is 0 Å². The average Bonchev–Trinajstić information content (AvgIpc) is 2.41. The Morgan fingerprint density at radius 2 is 2.21 bits per heavy atom. The zero-order valence-corrected chi connectivity index (χ0v) is 13.0. The number of hydrogen-bond donors (Lipinski definition) is 1. The van der Waals surface area contributed by atoms with E-state index in [1.165, 1.54) is 0 Å². The number of likely N-dealkylation sites (N-methyl/N-ethyl adjacent to an activating group) is 1. The molecule has 2 N–H and O–H groups in total. The number of nitrogen functional groups attached to an aromatic ring is 1. The molecule has 104 valence electrons. The number of halogens is 1. The van der Waals surface area contributed by atoms with Crippen molar-refractivity contribution >= 4 is 27.5 Å². The molecule has 19 heavy (non-hydrogen) atoms. The summed E-state index contributed by atoms with van der Waals surface area (Å²) in [5, 5.41) is 0. The molecule has 0 aliphatic carbocycles. The van der Waals surface area contributed by atoms with Crippen LogP contribution in [0.25, 0.3) is 0 Å². The van der Waals surface area contributed by atoms with Crippen LogP contribution in [0.1, 0.15) is 24.2 Å². The molecular weight excluding hydrogens is 306 g/mol. The third-order valence-electron chi connectivity index (χ3n) is 3.72. The van der Waals surface area contributed by atoms with Crippen molar-refractivity contribution in [2.45, 2.75) is 19.9 Å². The van der Waals surface area contributed by atoms with Crippen LogP contribution in [0.4, 0.5) is 5.69 Å². The van der Waals surface area contributed by atoms with E-state index in [0.717, 1.165) is 26.2 Å². The standard InChI is InChI=1S/C14H20BrN3O/c1-3-17-7-8-18(9-10(17)2)14(19)11-5-4-6-12(16)13(11)15/h4-6,10H,3,7-9,16H2,1-2H3. The second-order valence-corrected chi connectivity index (χ2v) is 5.73. The maximum absolute atomic E-state index is 12.5. The number of carbonyl (C=O) groups is 1. The van der Waals surface area contributed by atoms with Crippen molar-refractivity contribution < 1.29 is 4.79 Å². The lowest BCUT2D eigenvalue weighted by Gasteiger charge is -2.39. The maximum atomic E-state index is 12.5. The molecule has 5 heteroatoms. The first-order valence-corrected chi connectivity index (χ1v) is 7.41. The zero-order chi connectivity index (χ0) is 14.0. The van der Waals surface area contributed by atoms with Gasteiger partial charge >= 0.3 is 0 Å². The second kappa shape index (κ2) is 5.92. The lowest BCUT2D eigenvalue weighted by atomic mass is 10.1. The molecule has 1 atom stereocenters. The Bertz CT molecular complexity index is 478. The number of carbonyl (C=O) groups excluding carboxylic acids is 1. The lowest BCUT2D eigenvalue weighted by Crippen LogP contribution is -2.53. The van der Waals surface area contributed by atoms with Gasteiger partial charge in [-0.25, -0.2) is 0 Å². The molecule has 0 bridgehead atoms. The number of piperazine rings is 1. The fraction of sp³-hybridized carbons (Fsp3) is 0.500. The molecule has 1 aromatic rings. The van der Waals surface area contributed by atoms with E-state index < -0.39 is 0 Å². The molecule has 1 saturated heterocycles. The van der Waals surface area contributed by atoms with Gasteiger partial charge in [0.15, 0.2) is 0 Å². The minimum atomic E-state index is 0.0572. The zero-order valence-electron chi connectivity index (χ0n) is 11.4. The van der Waals surface area contributed by atoms with Crippen LogP contribution in [0.15, 0.2) is 22.7 Å². The second-order valence-electron chi connectivity index (χ2n) is 4.94. The molecule has 0 radical (unpaired) electrons. The summed E-state index contributed by atoms with van der Waals surface area (Å²) < 4.78 is 0.700. The van der Waals surface area contributed by atoms with Crippen LogP contribution < -0.4 is 5.73 Å². The molecule has 2 rings (SSSR count). The summed E-state index contributed by atoms with van der Waals surface area (Å²) in [7, 11) is 0. The van der Waals surface area contributed by atoms with Crippen LogP contribution in [0.5, 0.6) is 0 Å². The lowest BCUT2D eigenvalue weighted by molar-refractivity contribution is 0.0527. The first-order valence-electron chi connectivity index (χ1n) is 6.62. The van der Waals surface area contributed by atoms with Crippen molar-refractivity contribution in [3.05, 3.63) is 28.2 Å². The highest BCUT2D eigenvalue weighted by molar-refractivity contribution is 9.10. The summed E-state index contributed by atoms with van der Waals surface area (Å²) in [6, 6.07) is 5.83. The van der Waals surface area contributed by atoms with E-state index in [9.17, 15) is 4.79 Å². The summed E-state index contributed by atoms with van der Waals surface area (Å²) >= 11 is 3.41. The number of benzene rings is 1. The van der Waals surface area contributed by atoms with Gasteiger partial charge in [0.2, 0.25) is 0 Å². The Hall–Kier alpha value is -1.07. The Morgan fingerprint density at radius 3 is 2.84 bits per heavy atom. The predicted molar refractivity (Wildman–Crippen MR) is 81.2 cm³/mol. The first kappa shape index (κ1) is 14.3. The van der Waals surface area contributed by atoms with Gasteiger partial charge in [0.1, 0.15) is 0 Å². The van der Waals surface area contributed by atoms with Gasteiger partial charge in [-0.3, -0.25) is 9.69 Å². The van der Waals surface area contributed by atoms with E-state index in [1.54, 1.807) is 6.07 Å². The fourth-order valence-electron chi connectivity index (χ4n) is 2.53. The number of hydrogen-bond acceptors (Lipinski definition) is 3. The highest BCUT2D eigenvalue weighted by Gasteiger charge is 2.27. The van der Waals surface area contributed by atoms with Gasteiger partial charge in [0, 0.05) is 31.4 Å². The van der Waals surface area contributed by atoms with E-state index in [0.29, 0.717) is 21.8 Å². The summed E-state index contributed by atoms with van der Waals surface area (Å²) in [5.74, 6) is 0.0572. The third-order valence-corrected chi connectivity index (χ3v) is 4.60. The summed E-state index contributed by atoms with van der Waals surface area (Å²) in [6.07, 6.45) is 0. The largest absolute Gasteiger partial charge is 0.398 e. The molecule has 1 fully saturated rings. The van der Waals surface area contributed by atoms with Gasteiger partial charge in [0.25, 0.3) is 5.91 Å². The quantitative estimate of drug-likeness (QED) is 0.848. The molecule has 0 aromatic heterocycles. The number of nitrogens with zero attached hydrogens (tertiary/aromatic N) is 2. The summed E-state index contributed by atoms with van der Waals surface area (Å²) in [6.45, 7) is 7.83. The van der Waals surface area contributed by atoms with Gasteiger partial charge < -0.3 is 10.6 Å². The molecule has 1 aliphatic heterocycles. The molecule has 1 heterocycles. The Morgan fingerprint density at radius 1 is 1.47 bits per heavy atom. The summed E-state index contributed by atoms with van der Waals surface area (Å²) in [5.41, 5.74) is 7.09. The van der Waals surface area contributed by atoms with Crippen molar-refractivity contribution in [1.82, 2.24) is 9.80 Å². The molecular formula is C14H20BrN3O. The normalized spacial score (nSPS) is 20.6. The Balaban J connectivity index is 2.15. The van der Waals surface area contributed by atoms with Gasteiger partial charge in [-0.05, 0) is 41.5 Å². The Kier molecular flexibility index (Phi) is 4.47. The topological polar surface area (TPSA) is 49.6 Å². The summed E-state index contributed by atoms with van der Waals surface area (Å²) in [4.78, 5) is 16.8. The third kappa shape index (κ3) is 2.92. The van der Waals surface area contributed by atoms with Crippen LogP contribution in [0.3, 0.4) is 0 Å². The van der Waals surface area contributed by atoms with E-state index in [1.807, 2.05) is 17.0 Å². The SMILES string of the molecule is CCN1CCN(C(=O)c2cccc(N)c2Br)CC1C.